The molecule has 3 aliphatic rings. The highest BCUT2D eigenvalue weighted by Gasteiger charge is 2.46. The number of carbonyl (C=O) groups excluding carboxylic acids is 2. The molecule has 3 unspecified atom stereocenters. The van der Waals surface area contributed by atoms with E-state index in [0.29, 0.717) is 12.8 Å². The monoisotopic (exact) mass is 476 g/mol. The molecule has 3 aliphatic carbocycles. The molecule has 2 amide bonds. The minimum absolute atomic E-state index is 0.00217. The molecule has 2 saturated carbocycles. The third kappa shape index (κ3) is 4.64. The molecule has 2 fully saturated rings. The van der Waals surface area contributed by atoms with Gasteiger partial charge in [0, 0.05) is 5.92 Å². The summed E-state index contributed by atoms with van der Waals surface area (Å²) in [6, 6.07) is 15.4. The van der Waals surface area contributed by atoms with Crippen LogP contribution in [0.1, 0.15) is 62.5 Å². The molecule has 0 saturated heterocycles. The Morgan fingerprint density at radius 1 is 1.03 bits per heavy atom. The van der Waals surface area contributed by atoms with Gasteiger partial charge in [-0.05, 0) is 59.8 Å². The van der Waals surface area contributed by atoms with Gasteiger partial charge in [0.2, 0.25) is 5.91 Å². The lowest BCUT2D eigenvalue weighted by Crippen LogP contribution is -2.61. The maximum atomic E-state index is 13.2. The van der Waals surface area contributed by atoms with E-state index in [1.165, 1.54) is 0 Å². The second-order valence-corrected chi connectivity index (χ2v) is 10.4. The third-order valence-electron chi connectivity index (χ3n) is 7.76. The zero-order valence-corrected chi connectivity index (χ0v) is 20.0. The first-order chi connectivity index (χ1) is 16.9. The number of ether oxygens (including phenoxy) is 1. The van der Waals surface area contributed by atoms with E-state index in [1.807, 2.05) is 31.2 Å². The van der Waals surface area contributed by atoms with Gasteiger partial charge < -0.3 is 20.5 Å². The number of aliphatic carboxylic acids is 1. The van der Waals surface area contributed by atoms with Gasteiger partial charge in [-0.1, -0.05) is 68.3 Å². The molecule has 184 valence electrons. The quantitative estimate of drug-likeness (QED) is 0.548. The summed E-state index contributed by atoms with van der Waals surface area (Å²) in [6.07, 6.45) is 3.49. The van der Waals surface area contributed by atoms with Gasteiger partial charge in [-0.15, -0.1) is 0 Å². The van der Waals surface area contributed by atoms with E-state index in [1.54, 1.807) is 0 Å². The number of nitrogens with one attached hydrogen (secondary N) is 2. The number of rotatable bonds is 7. The maximum absolute atomic E-state index is 13.2. The van der Waals surface area contributed by atoms with Crippen molar-refractivity contribution in [2.45, 2.75) is 62.9 Å². The first-order valence-electron chi connectivity index (χ1n) is 12.5. The van der Waals surface area contributed by atoms with Crippen LogP contribution in [-0.2, 0) is 14.3 Å². The molecule has 0 aliphatic heterocycles. The fraction of sp³-hybridized carbons (Fsp3) is 0.464. The Kier molecular flexibility index (Phi) is 6.26. The van der Waals surface area contributed by atoms with Crippen molar-refractivity contribution < 1.29 is 24.2 Å². The number of carboxylic acids is 1. The Morgan fingerprint density at radius 2 is 1.66 bits per heavy atom. The van der Waals surface area contributed by atoms with E-state index in [-0.39, 0.29) is 24.4 Å². The van der Waals surface area contributed by atoms with Crippen molar-refractivity contribution >= 4 is 18.0 Å². The van der Waals surface area contributed by atoms with Crippen LogP contribution in [0, 0.1) is 11.8 Å². The number of alkyl carbamates (subject to hydrolysis) is 1. The zero-order chi connectivity index (χ0) is 24.6. The first-order valence-corrected chi connectivity index (χ1v) is 12.5. The number of carbonyl (C=O) groups is 3. The van der Waals surface area contributed by atoms with Crippen molar-refractivity contribution in [3.8, 4) is 11.1 Å². The summed E-state index contributed by atoms with van der Waals surface area (Å²) in [4.78, 5) is 38.1. The van der Waals surface area contributed by atoms with E-state index in [2.05, 4.69) is 34.9 Å². The predicted octanol–water partition coefficient (Wildman–Crippen LogP) is 4.45. The Labute approximate surface area is 205 Å². The molecule has 2 aromatic carbocycles. The van der Waals surface area contributed by atoms with Crippen molar-refractivity contribution in [1.29, 1.82) is 0 Å². The lowest BCUT2D eigenvalue weighted by Gasteiger charge is -2.38. The highest BCUT2D eigenvalue weighted by atomic mass is 16.5. The number of fused-ring (bicyclic) bond motifs is 3. The molecule has 0 aromatic heterocycles. The zero-order valence-electron chi connectivity index (χ0n) is 20.0. The van der Waals surface area contributed by atoms with Crippen LogP contribution >= 0.6 is 0 Å². The fourth-order valence-electron chi connectivity index (χ4n) is 5.82. The minimum Gasteiger partial charge on any atom is -0.480 e. The SMILES string of the molecule is CC1CCCC(NC(=O)C(NC(=O)OCC2c3ccccc3-c3ccccc32)C2CC2)(C(=O)O)C1. The predicted molar refractivity (Wildman–Crippen MR) is 131 cm³/mol. The number of amides is 2. The first kappa shape index (κ1) is 23.4. The van der Waals surface area contributed by atoms with E-state index in [9.17, 15) is 19.5 Å². The van der Waals surface area contributed by atoms with Crippen LogP contribution in [0.3, 0.4) is 0 Å². The van der Waals surface area contributed by atoms with Gasteiger partial charge in [-0.25, -0.2) is 9.59 Å². The molecule has 0 spiro atoms. The van der Waals surface area contributed by atoms with Gasteiger partial charge in [-0.3, -0.25) is 4.79 Å². The van der Waals surface area contributed by atoms with Crippen molar-refractivity contribution in [3.63, 3.8) is 0 Å². The summed E-state index contributed by atoms with van der Waals surface area (Å²) in [5, 5.41) is 15.5. The van der Waals surface area contributed by atoms with Crippen molar-refractivity contribution in [3.05, 3.63) is 59.7 Å². The van der Waals surface area contributed by atoms with Crippen molar-refractivity contribution in [2.24, 2.45) is 11.8 Å². The summed E-state index contributed by atoms with van der Waals surface area (Å²) in [5.41, 5.74) is 3.26. The molecule has 2 aromatic rings. The highest BCUT2D eigenvalue weighted by Crippen LogP contribution is 2.44. The topological polar surface area (TPSA) is 105 Å². The van der Waals surface area contributed by atoms with Crippen LogP contribution in [0.2, 0.25) is 0 Å². The molecule has 5 rings (SSSR count). The van der Waals surface area contributed by atoms with Crippen molar-refractivity contribution in [1.82, 2.24) is 10.6 Å². The molecule has 3 atom stereocenters. The Balaban J connectivity index is 1.25. The Hall–Kier alpha value is -3.35. The Bertz CT molecular complexity index is 1100. The lowest BCUT2D eigenvalue weighted by atomic mass is 9.76. The molecular weight excluding hydrogens is 444 g/mol. The Morgan fingerprint density at radius 3 is 2.23 bits per heavy atom. The van der Waals surface area contributed by atoms with Gasteiger partial charge in [-0.2, -0.15) is 0 Å². The minimum atomic E-state index is -1.27. The van der Waals surface area contributed by atoms with Crippen LogP contribution in [-0.4, -0.2) is 41.3 Å². The second kappa shape index (κ2) is 9.36. The molecule has 7 heteroatoms. The van der Waals surface area contributed by atoms with Gasteiger partial charge in [0.1, 0.15) is 18.2 Å². The van der Waals surface area contributed by atoms with E-state index < -0.39 is 29.6 Å². The maximum Gasteiger partial charge on any atom is 0.407 e. The molecule has 0 heterocycles. The van der Waals surface area contributed by atoms with Crippen LogP contribution in [0.25, 0.3) is 11.1 Å². The van der Waals surface area contributed by atoms with Crippen LogP contribution < -0.4 is 10.6 Å². The van der Waals surface area contributed by atoms with E-state index in [4.69, 9.17) is 4.74 Å². The second-order valence-electron chi connectivity index (χ2n) is 10.4. The average molecular weight is 477 g/mol. The van der Waals surface area contributed by atoms with Crippen LogP contribution in [0.15, 0.2) is 48.5 Å². The fourth-order valence-corrected chi connectivity index (χ4v) is 5.82. The van der Waals surface area contributed by atoms with E-state index in [0.717, 1.165) is 47.9 Å². The molecule has 0 radical (unpaired) electrons. The van der Waals surface area contributed by atoms with Crippen molar-refractivity contribution in [2.75, 3.05) is 6.61 Å². The van der Waals surface area contributed by atoms with Gasteiger partial charge in [0.05, 0.1) is 0 Å². The molecule has 0 bridgehead atoms. The molecule has 35 heavy (non-hydrogen) atoms. The average Bonchev–Trinajstić information content (AvgIpc) is 3.63. The van der Waals surface area contributed by atoms with Crippen LogP contribution in [0.4, 0.5) is 4.79 Å². The van der Waals surface area contributed by atoms with Crippen LogP contribution in [0.5, 0.6) is 0 Å². The standard InChI is InChI=1S/C28H32N2O5/c1-17-7-6-14-28(15-17,26(32)33)30-25(31)24(18-12-13-18)29-27(34)35-16-23-21-10-4-2-8-19(21)20-9-3-5-11-22(20)23/h2-5,8-11,17-18,23-24H,6-7,12-16H2,1H3,(H,29,34)(H,30,31)(H,32,33). The smallest absolute Gasteiger partial charge is 0.407 e. The number of hydrogen-bond acceptors (Lipinski definition) is 4. The molecule has 7 nitrogen and oxygen atoms in total. The van der Waals surface area contributed by atoms with E-state index >= 15 is 0 Å². The van der Waals surface area contributed by atoms with Gasteiger partial charge in [0.25, 0.3) is 0 Å². The molecule has 3 N–H and O–H groups in total. The van der Waals surface area contributed by atoms with Gasteiger partial charge in [0.15, 0.2) is 0 Å². The number of hydrogen-bond donors (Lipinski definition) is 3. The summed E-state index contributed by atoms with van der Waals surface area (Å²) >= 11 is 0. The third-order valence-corrected chi connectivity index (χ3v) is 7.76. The lowest BCUT2D eigenvalue weighted by molar-refractivity contribution is -0.150. The summed E-state index contributed by atoms with van der Waals surface area (Å²) in [7, 11) is 0. The largest absolute Gasteiger partial charge is 0.480 e. The summed E-state index contributed by atoms with van der Waals surface area (Å²) < 4.78 is 5.63. The van der Waals surface area contributed by atoms with Gasteiger partial charge >= 0.3 is 12.1 Å². The highest BCUT2D eigenvalue weighted by molar-refractivity contribution is 5.92. The molecular formula is C28H32N2O5. The summed E-state index contributed by atoms with van der Waals surface area (Å²) in [6.45, 7) is 2.17. The number of carboxylic acid groups (broad SMARTS) is 1. The normalized spacial score (nSPS) is 24.1. The number of benzene rings is 2. The summed E-state index contributed by atoms with van der Waals surface area (Å²) in [5.74, 6) is -1.29.